The topological polar surface area (TPSA) is 38.0 Å². The van der Waals surface area contributed by atoms with E-state index in [1.54, 1.807) is 18.2 Å². The molecule has 2 rings (SSSR count). The predicted molar refractivity (Wildman–Crippen MR) is 76.3 cm³/mol. The molecule has 1 aliphatic heterocycles. The van der Waals surface area contributed by atoms with Crippen LogP contribution < -0.4 is 11.3 Å². The highest BCUT2D eigenvalue weighted by molar-refractivity contribution is 8.00. The minimum Gasteiger partial charge on any atom is -0.271 e. The standard InChI is InChI=1S/C13H18ClFN2S/c1-13(6-3-7-18-13)11(17-16)8-9-4-2-5-10(14)12(9)15/h2,4-5,11,17H,3,6-8,16H2,1H3. The molecule has 0 radical (unpaired) electrons. The molecule has 1 saturated heterocycles. The molecule has 2 atom stereocenters. The molecule has 0 spiro atoms. The lowest BCUT2D eigenvalue weighted by Crippen LogP contribution is -2.50. The second kappa shape index (κ2) is 5.78. The number of nitrogens with two attached hydrogens (primary N) is 1. The van der Waals surface area contributed by atoms with Gasteiger partial charge in [0, 0.05) is 10.8 Å². The van der Waals surface area contributed by atoms with Gasteiger partial charge in [-0.1, -0.05) is 23.7 Å². The summed E-state index contributed by atoms with van der Waals surface area (Å²) in [5.74, 6) is 6.47. The van der Waals surface area contributed by atoms with Crippen LogP contribution in [-0.2, 0) is 6.42 Å². The molecule has 0 saturated carbocycles. The Bertz CT molecular complexity index is 421. The van der Waals surface area contributed by atoms with E-state index in [2.05, 4.69) is 12.3 Å². The first-order valence-corrected chi connectivity index (χ1v) is 7.46. The summed E-state index contributed by atoms with van der Waals surface area (Å²) >= 11 is 7.71. The Morgan fingerprint density at radius 2 is 2.39 bits per heavy atom. The van der Waals surface area contributed by atoms with Gasteiger partial charge in [0.25, 0.3) is 0 Å². The highest BCUT2D eigenvalue weighted by Gasteiger charge is 2.37. The molecule has 100 valence electrons. The SMILES string of the molecule is CC1(C(Cc2cccc(Cl)c2F)NN)CCCS1. The molecule has 1 aromatic rings. The number of thioether (sulfide) groups is 1. The molecule has 2 unspecified atom stereocenters. The molecule has 1 fully saturated rings. The van der Waals surface area contributed by atoms with Crippen molar-refractivity contribution in [3.63, 3.8) is 0 Å². The Balaban J connectivity index is 2.17. The molecule has 18 heavy (non-hydrogen) atoms. The van der Waals surface area contributed by atoms with Gasteiger partial charge in [-0.3, -0.25) is 11.3 Å². The van der Waals surface area contributed by atoms with Gasteiger partial charge in [0.2, 0.25) is 0 Å². The Morgan fingerprint density at radius 3 is 3.00 bits per heavy atom. The van der Waals surface area contributed by atoms with Crippen LogP contribution in [0.25, 0.3) is 0 Å². The molecule has 0 aromatic heterocycles. The molecule has 2 nitrogen and oxygen atoms in total. The van der Waals surface area contributed by atoms with Gasteiger partial charge < -0.3 is 0 Å². The van der Waals surface area contributed by atoms with Gasteiger partial charge in [-0.15, -0.1) is 0 Å². The lowest BCUT2D eigenvalue weighted by molar-refractivity contribution is 0.400. The molecule has 1 aromatic carbocycles. The maximum Gasteiger partial charge on any atom is 0.145 e. The van der Waals surface area contributed by atoms with E-state index >= 15 is 0 Å². The first-order chi connectivity index (χ1) is 8.57. The Labute approximate surface area is 116 Å². The van der Waals surface area contributed by atoms with E-state index in [0.717, 1.165) is 12.2 Å². The second-order valence-corrected chi connectivity index (χ2v) is 6.94. The van der Waals surface area contributed by atoms with E-state index in [-0.39, 0.29) is 21.6 Å². The average molecular weight is 289 g/mol. The van der Waals surface area contributed by atoms with Gasteiger partial charge in [0.1, 0.15) is 5.82 Å². The number of rotatable bonds is 4. The zero-order chi connectivity index (χ0) is 13.2. The van der Waals surface area contributed by atoms with Crippen LogP contribution in [0.5, 0.6) is 0 Å². The summed E-state index contributed by atoms with van der Waals surface area (Å²) in [5, 5.41) is 0.174. The highest BCUT2D eigenvalue weighted by atomic mass is 35.5. The maximum absolute atomic E-state index is 13.9. The van der Waals surface area contributed by atoms with Crippen LogP contribution in [0.1, 0.15) is 25.3 Å². The summed E-state index contributed by atoms with van der Waals surface area (Å²) in [6.45, 7) is 2.19. The van der Waals surface area contributed by atoms with Crippen molar-refractivity contribution >= 4 is 23.4 Å². The van der Waals surface area contributed by atoms with Crippen LogP contribution in [0.15, 0.2) is 18.2 Å². The minimum absolute atomic E-state index is 0.0537. The quantitative estimate of drug-likeness (QED) is 0.660. The van der Waals surface area contributed by atoms with Crippen LogP contribution >= 0.6 is 23.4 Å². The fourth-order valence-corrected chi connectivity index (χ4v) is 4.04. The van der Waals surface area contributed by atoms with Gasteiger partial charge in [-0.25, -0.2) is 4.39 Å². The molecule has 0 amide bonds. The molecule has 3 N–H and O–H groups in total. The second-order valence-electron chi connectivity index (χ2n) is 4.90. The van der Waals surface area contributed by atoms with Crippen LogP contribution in [-0.4, -0.2) is 16.5 Å². The average Bonchev–Trinajstić information content (AvgIpc) is 2.79. The van der Waals surface area contributed by atoms with E-state index in [0.29, 0.717) is 12.0 Å². The molecule has 0 aliphatic carbocycles. The molecule has 5 heteroatoms. The van der Waals surface area contributed by atoms with Crippen molar-refractivity contribution in [2.24, 2.45) is 5.84 Å². The zero-order valence-corrected chi connectivity index (χ0v) is 12.0. The normalized spacial score (nSPS) is 25.3. The van der Waals surface area contributed by atoms with E-state index in [1.165, 1.54) is 6.42 Å². The molecular formula is C13H18ClFN2S. The third-order valence-corrected chi connectivity index (χ3v) is 5.58. The summed E-state index contributed by atoms with van der Waals surface area (Å²) in [6.07, 6.45) is 2.86. The fourth-order valence-electron chi connectivity index (χ4n) is 2.45. The number of hydrazine groups is 1. The van der Waals surface area contributed by atoms with E-state index in [1.807, 2.05) is 11.8 Å². The Morgan fingerprint density at radius 1 is 1.61 bits per heavy atom. The number of hydrogen-bond donors (Lipinski definition) is 2. The van der Waals surface area contributed by atoms with Crippen molar-refractivity contribution in [2.75, 3.05) is 5.75 Å². The first-order valence-electron chi connectivity index (χ1n) is 6.10. The smallest absolute Gasteiger partial charge is 0.145 e. The lowest BCUT2D eigenvalue weighted by Gasteiger charge is -2.33. The summed E-state index contributed by atoms with van der Waals surface area (Å²) in [7, 11) is 0. The summed E-state index contributed by atoms with van der Waals surface area (Å²) in [5.41, 5.74) is 3.47. The zero-order valence-electron chi connectivity index (χ0n) is 10.4. The third-order valence-electron chi connectivity index (χ3n) is 3.64. The van der Waals surface area contributed by atoms with Crippen molar-refractivity contribution in [3.8, 4) is 0 Å². The monoisotopic (exact) mass is 288 g/mol. The van der Waals surface area contributed by atoms with E-state index < -0.39 is 0 Å². The number of nitrogens with one attached hydrogen (secondary N) is 1. The molecule has 0 bridgehead atoms. The Kier molecular flexibility index (Phi) is 4.54. The van der Waals surface area contributed by atoms with Gasteiger partial charge in [-0.2, -0.15) is 11.8 Å². The van der Waals surface area contributed by atoms with Crippen molar-refractivity contribution in [3.05, 3.63) is 34.6 Å². The van der Waals surface area contributed by atoms with Crippen molar-refractivity contribution in [1.82, 2.24) is 5.43 Å². The maximum atomic E-state index is 13.9. The van der Waals surface area contributed by atoms with Crippen LogP contribution in [0.4, 0.5) is 4.39 Å². The van der Waals surface area contributed by atoms with Gasteiger partial charge in [0.15, 0.2) is 0 Å². The number of hydrogen-bond acceptors (Lipinski definition) is 3. The van der Waals surface area contributed by atoms with E-state index in [9.17, 15) is 4.39 Å². The summed E-state index contributed by atoms with van der Waals surface area (Å²) < 4.78 is 14.0. The largest absolute Gasteiger partial charge is 0.271 e. The van der Waals surface area contributed by atoms with E-state index in [4.69, 9.17) is 17.4 Å². The van der Waals surface area contributed by atoms with Gasteiger partial charge in [-0.05, 0) is 43.6 Å². The highest BCUT2D eigenvalue weighted by Crippen LogP contribution is 2.41. The minimum atomic E-state index is -0.328. The van der Waals surface area contributed by atoms with Gasteiger partial charge >= 0.3 is 0 Å². The molecule has 1 heterocycles. The predicted octanol–water partition coefficient (Wildman–Crippen LogP) is 3.14. The molecule has 1 aliphatic rings. The number of benzene rings is 1. The van der Waals surface area contributed by atoms with Crippen LogP contribution in [0.2, 0.25) is 5.02 Å². The van der Waals surface area contributed by atoms with Gasteiger partial charge in [0.05, 0.1) is 5.02 Å². The first kappa shape index (κ1) is 14.1. The summed E-state index contributed by atoms with van der Waals surface area (Å²) in [6, 6.07) is 5.17. The molecular weight excluding hydrogens is 271 g/mol. The fraction of sp³-hybridized carbons (Fsp3) is 0.538. The lowest BCUT2D eigenvalue weighted by atomic mass is 9.91. The Hall–Kier alpha value is -0.290. The van der Waals surface area contributed by atoms with Crippen LogP contribution in [0, 0.1) is 5.82 Å². The third kappa shape index (κ3) is 2.82. The summed E-state index contributed by atoms with van der Waals surface area (Å²) in [4.78, 5) is 0. The number of halogens is 2. The van der Waals surface area contributed by atoms with Crippen molar-refractivity contribution in [2.45, 2.75) is 37.0 Å². The van der Waals surface area contributed by atoms with Crippen LogP contribution in [0.3, 0.4) is 0 Å². The van der Waals surface area contributed by atoms with Crippen molar-refractivity contribution in [1.29, 1.82) is 0 Å². The van der Waals surface area contributed by atoms with Crippen molar-refractivity contribution < 1.29 is 4.39 Å².